The molecule has 0 aliphatic heterocycles. The molecule has 2 aromatic carbocycles. The number of rotatable bonds is 4. The summed E-state index contributed by atoms with van der Waals surface area (Å²) in [6, 6.07) is 13.9. The first-order valence-corrected chi connectivity index (χ1v) is 7.62. The first kappa shape index (κ1) is 14.7. The molecule has 1 nitrogen and oxygen atoms in total. The molecule has 19 heavy (non-hydrogen) atoms. The van der Waals surface area contributed by atoms with Crippen LogP contribution in [-0.2, 0) is 0 Å². The maximum atomic E-state index is 6.19. The van der Waals surface area contributed by atoms with E-state index in [2.05, 4.69) is 40.3 Å². The molecule has 2 rings (SSSR count). The second-order valence-corrected chi connectivity index (χ2v) is 5.99. The summed E-state index contributed by atoms with van der Waals surface area (Å²) in [7, 11) is 0. The van der Waals surface area contributed by atoms with E-state index in [9.17, 15) is 0 Å². The zero-order valence-electron chi connectivity index (χ0n) is 10.5. The van der Waals surface area contributed by atoms with E-state index in [0.717, 1.165) is 16.6 Å². The molecule has 0 amide bonds. The lowest BCUT2D eigenvalue weighted by Gasteiger charge is -2.20. The summed E-state index contributed by atoms with van der Waals surface area (Å²) >= 11 is 15.9. The van der Waals surface area contributed by atoms with Crippen LogP contribution in [0.25, 0.3) is 0 Å². The molecular weight excluding hydrogens is 345 g/mol. The maximum absolute atomic E-state index is 6.19. The summed E-state index contributed by atoms with van der Waals surface area (Å²) in [6.07, 6.45) is 0.942. The Labute approximate surface area is 132 Å². The van der Waals surface area contributed by atoms with Crippen molar-refractivity contribution in [2.45, 2.75) is 19.4 Å². The van der Waals surface area contributed by atoms with E-state index in [4.69, 9.17) is 23.2 Å². The van der Waals surface area contributed by atoms with Crippen LogP contribution in [0, 0.1) is 0 Å². The molecule has 0 fully saturated rings. The lowest BCUT2D eigenvalue weighted by molar-refractivity contribution is 0.749. The second-order valence-electron chi connectivity index (χ2n) is 4.26. The van der Waals surface area contributed by atoms with Gasteiger partial charge in [-0.15, -0.1) is 0 Å². The third kappa shape index (κ3) is 3.65. The fraction of sp³-hybridized carbons (Fsp3) is 0.200. The van der Waals surface area contributed by atoms with Gasteiger partial charge in [0.15, 0.2) is 0 Å². The van der Waals surface area contributed by atoms with Crippen LogP contribution < -0.4 is 5.32 Å². The molecule has 100 valence electrons. The van der Waals surface area contributed by atoms with Gasteiger partial charge in [-0.2, -0.15) is 0 Å². The van der Waals surface area contributed by atoms with E-state index in [1.165, 1.54) is 5.56 Å². The van der Waals surface area contributed by atoms with Gasteiger partial charge in [-0.25, -0.2) is 0 Å². The molecule has 1 N–H and O–H groups in total. The minimum absolute atomic E-state index is 0.176. The van der Waals surface area contributed by atoms with E-state index in [1.54, 1.807) is 0 Å². The molecule has 1 unspecified atom stereocenters. The van der Waals surface area contributed by atoms with Crippen LogP contribution in [0.15, 0.2) is 46.9 Å². The normalized spacial score (nSPS) is 12.2. The van der Waals surface area contributed by atoms with Gasteiger partial charge >= 0.3 is 0 Å². The van der Waals surface area contributed by atoms with Gasteiger partial charge in [0.25, 0.3) is 0 Å². The van der Waals surface area contributed by atoms with Gasteiger partial charge in [0.05, 0.1) is 21.8 Å². The Hall–Kier alpha value is -0.700. The Morgan fingerprint density at radius 2 is 1.74 bits per heavy atom. The molecule has 0 spiro atoms. The van der Waals surface area contributed by atoms with Crippen molar-refractivity contribution in [2.75, 3.05) is 5.32 Å². The smallest absolute Gasteiger partial charge is 0.0723 e. The summed E-state index contributed by atoms with van der Waals surface area (Å²) in [5, 5.41) is 4.70. The van der Waals surface area contributed by atoms with Crippen LogP contribution >= 0.6 is 39.1 Å². The van der Waals surface area contributed by atoms with Crippen molar-refractivity contribution >= 4 is 44.8 Å². The van der Waals surface area contributed by atoms with Crippen molar-refractivity contribution in [1.29, 1.82) is 0 Å². The fourth-order valence-corrected chi connectivity index (χ4v) is 2.88. The molecule has 2 aromatic rings. The zero-order valence-corrected chi connectivity index (χ0v) is 13.6. The summed E-state index contributed by atoms with van der Waals surface area (Å²) < 4.78 is 1.07. The van der Waals surface area contributed by atoms with Crippen molar-refractivity contribution in [2.24, 2.45) is 0 Å². The Morgan fingerprint density at radius 3 is 2.32 bits per heavy atom. The highest BCUT2D eigenvalue weighted by Gasteiger charge is 2.13. The quantitative estimate of drug-likeness (QED) is 0.674. The molecule has 0 aliphatic rings. The van der Waals surface area contributed by atoms with Gasteiger partial charge in [0, 0.05) is 4.47 Å². The minimum Gasteiger partial charge on any atom is -0.376 e. The highest BCUT2D eigenvalue weighted by atomic mass is 79.9. The van der Waals surface area contributed by atoms with Crippen molar-refractivity contribution in [3.05, 3.63) is 62.5 Å². The summed E-state index contributed by atoms with van der Waals surface area (Å²) in [6.45, 7) is 2.13. The highest BCUT2D eigenvalue weighted by molar-refractivity contribution is 9.10. The molecule has 0 aliphatic carbocycles. The van der Waals surface area contributed by atoms with Gasteiger partial charge in [0.1, 0.15) is 0 Å². The summed E-state index contributed by atoms with van der Waals surface area (Å²) in [4.78, 5) is 0. The minimum atomic E-state index is 0.176. The molecule has 0 saturated heterocycles. The molecule has 0 radical (unpaired) electrons. The Kier molecular flexibility index (Phi) is 5.14. The van der Waals surface area contributed by atoms with Crippen molar-refractivity contribution in [3.63, 3.8) is 0 Å². The number of benzene rings is 2. The molecule has 0 heterocycles. The predicted molar refractivity (Wildman–Crippen MR) is 87.3 cm³/mol. The number of halogens is 3. The number of para-hydroxylation sites is 1. The van der Waals surface area contributed by atoms with E-state index < -0.39 is 0 Å². The Morgan fingerprint density at radius 1 is 1.11 bits per heavy atom. The SMILES string of the molecule is CCC(Nc1c(Cl)cccc1Cl)c1cccc(Br)c1. The average Bonchev–Trinajstić information content (AvgIpc) is 2.38. The van der Waals surface area contributed by atoms with Gasteiger partial charge < -0.3 is 5.32 Å². The molecular formula is C15H14BrCl2N. The van der Waals surface area contributed by atoms with Crippen LogP contribution in [-0.4, -0.2) is 0 Å². The third-order valence-electron chi connectivity index (χ3n) is 2.94. The maximum Gasteiger partial charge on any atom is 0.0723 e. The van der Waals surface area contributed by atoms with Gasteiger partial charge in [-0.05, 0) is 36.2 Å². The molecule has 0 aromatic heterocycles. The topological polar surface area (TPSA) is 12.0 Å². The lowest BCUT2D eigenvalue weighted by Crippen LogP contribution is -2.10. The van der Waals surface area contributed by atoms with Crippen molar-refractivity contribution in [1.82, 2.24) is 0 Å². The fourth-order valence-electron chi connectivity index (χ4n) is 1.95. The first-order valence-electron chi connectivity index (χ1n) is 6.08. The van der Waals surface area contributed by atoms with Crippen LogP contribution in [0.3, 0.4) is 0 Å². The zero-order chi connectivity index (χ0) is 13.8. The molecule has 0 saturated carbocycles. The summed E-state index contributed by atoms with van der Waals surface area (Å²) in [5.74, 6) is 0. The van der Waals surface area contributed by atoms with Crippen LogP contribution in [0.1, 0.15) is 24.9 Å². The van der Waals surface area contributed by atoms with E-state index >= 15 is 0 Å². The van der Waals surface area contributed by atoms with Crippen molar-refractivity contribution in [3.8, 4) is 0 Å². The monoisotopic (exact) mass is 357 g/mol. The predicted octanol–water partition coefficient (Wildman–Crippen LogP) is 6.32. The largest absolute Gasteiger partial charge is 0.376 e. The lowest BCUT2D eigenvalue weighted by atomic mass is 10.0. The number of hydrogen-bond donors (Lipinski definition) is 1. The number of nitrogens with one attached hydrogen (secondary N) is 1. The van der Waals surface area contributed by atoms with E-state index in [0.29, 0.717) is 10.0 Å². The Balaban J connectivity index is 2.29. The van der Waals surface area contributed by atoms with Gasteiger partial charge in [0.2, 0.25) is 0 Å². The second kappa shape index (κ2) is 6.65. The number of hydrogen-bond acceptors (Lipinski definition) is 1. The van der Waals surface area contributed by atoms with E-state index in [1.807, 2.05) is 30.3 Å². The van der Waals surface area contributed by atoms with Crippen LogP contribution in [0.4, 0.5) is 5.69 Å². The molecule has 1 atom stereocenters. The van der Waals surface area contributed by atoms with Crippen molar-refractivity contribution < 1.29 is 0 Å². The van der Waals surface area contributed by atoms with Gasteiger partial charge in [-0.1, -0.05) is 64.3 Å². The standard InChI is InChI=1S/C15H14BrCl2N/c1-2-14(10-5-3-6-11(16)9-10)19-15-12(17)7-4-8-13(15)18/h3-9,14,19H,2H2,1H3. The Bertz CT molecular complexity index is 552. The third-order valence-corrected chi connectivity index (χ3v) is 4.06. The van der Waals surface area contributed by atoms with Gasteiger partial charge in [-0.3, -0.25) is 0 Å². The molecule has 4 heteroatoms. The summed E-state index contributed by atoms with van der Waals surface area (Å²) in [5.41, 5.74) is 1.99. The van der Waals surface area contributed by atoms with Crippen LogP contribution in [0.5, 0.6) is 0 Å². The highest BCUT2D eigenvalue weighted by Crippen LogP contribution is 2.34. The number of anilines is 1. The van der Waals surface area contributed by atoms with E-state index in [-0.39, 0.29) is 6.04 Å². The average molecular weight is 359 g/mol. The first-order chi connectivity index (χ1) is 9.11. The molecule has 0 bridgehead atoms. The van der Waals surface area contributed by atoms with Crippen LogP contribution in [0.2, 0.25) is 10.0 Å².